The zero-order chi connectivity index (χ0) is 55.9. The second-order valence-corrected chi connectivity index (χ2v) is 22.4. The van der Waals surface area contributed by atoms with Crippen molar-refractivity contribution >= 4 is 63.2 Å². The number of allylic oxidation sites excluding steroid dienone is 1. The standard InChI is InChI=1S/C58H77FN10O8/c1-11-58(7,8)69-32-40(41-17-14-15-18-46(41)69)30-45-55(75)67(10)48(25-34(2)3)52(72)62-44(29-38-22-23-42-39(27-38)31-60-57(65-42)77-33-59)50(70)61-36(6)54(74)66(9)47-19-13-12-16-24-68(56(47)76)49(26-35(4)5)53(73)63-43(51(71)64-45)28-37-20-21-37/h11-15,17-18,22-23,27,31-32,34-37,43-45,47-49H,1,16,19-21,24-26,28-30,33H2,2-10H3,(H,61,70)(H,62,72)(H,63,73)(H,64,71)/b13-12-/t36-,43-,44-,45-,47-,48-,49-/m0/s1. The molecular weight excluding hydrogens is 984 g/mol. The number of nitrogens with one attached hydrogen (secondary N) is 4. The number of para-hydroxylation sites is 1. The van der Waals surface area contributed by atoms with Gasteiger partial charge in [0.15, 0.2) is 0 Å². The molecule has 3 aliphatic rings. The highest BCUT2D eigenvalue weighted by molar-refractivity contribution is 5.99. The Labute approximate surface area is 451 Å². The number of hydrogen-bond acceptors (Lipinski definition) is 10. The Hall–Kier alpha value is -7.18. The minimum Gasteiger partial charge on any atom is -0.431 e. The first kappa shape index (κ1) is 57.5. The molecule has 4 N–H and O–H groups in total. The molecule has 0 unspecified atom stereocenters. The quantitative estimate of drug-likeness (QED) is 0.114. The molecular formula is C58H77FN10O8. The van der Waals surface area contributed by atoms with Crippen LogP contribution in [-0.4, -0.2) is 140 Å². The van der Waals surface area contributed by atoms with E-state index in [1.54, 1.807) is 18.2 Å². The Bertz CT molecular complexity index is 2880. The number of aromatic nitrogens is 3. The number of ether oxygens (including phenoxy) is 1. The van der Waals surface area contributed by atoms with E-state index >= 15 is 14.4 Å². The van der Waals surface area contributed by atoms with Crippen molar-refractivity contribution in [1.29, 1.82) is 0 Å². The summed E-state index contributed by atoms with van der Waals surface area (Å²) in [5.74, 6) is -4.21. The van der Waals surface area contributed by atoms with Crippen LogP contribution in [0.4, 0.5) is 4.39 Å². The predicted octanol–water partition coefficient (Wildman–Crippen LogP) is 5.66. The van der Waals surface area contributed by atoms with Gasteiger partial charge in [0.05, 0.1) is 11.1 Å². The fourth-order valence-corrected chi connectivity index (χ4v) is 10.4. The van der Waals surface area contributed by atoms with Gasteiger partial charge in [-0.3, -0.25) is 33.6 Å². The topological polar surface area (TPSA) is 217 Å². The van der Waals surface area contributed by atoms with Gasteiger partial charge in [-0.2, -0.15) is 4.98 Å². The maximum Gasteiger partial charge on any atom is 0.319 e. The number of halogens is 1. The van der Waals surface area contributed by atoms with Crippen LogP contribution in [0, 0.1) is 17.8 Å². The average Bonchev–Trinajstić information content (AvgIpc) is 4.15. The number of carbonyl (C=O) groups is 7. The fourth-order valence-electron chi connectivity index (χ4n) is 10.4. The van der Waals surface area contributed by atoms with E-state index in [9.17, 15) is 23.6 Å². The van der Waals surface area contributed by atoms with Crippen LogP contribution in [0.25, 0.3) is 21.8 Å². The van der Waals surface area contributed by atoms with Crippen molar-refractivity contribution in [2.75, 3.05) is 27.5 Å². The number of rotatable bonds is 14. The molecule has 1 aliphatic carbocycles. The zero-order valence-corrected chi connectivity index (χ0v) is 46.0. The van der Waals surface area contributed by atoms with Crippen LogP contribution in [0.5, 0.6) is 6.01 Å². The van der Waals surface area contributed by atoms with Gasteiger partial charge in [0, 0.05) is 62.2 Å². The van der Waals surface area contributed by atoms with E-state index in [0.717, 1.165) is 29.3 Å². The molecule has 2 bridgehead atoms. The number of likely N-dealkylation sites (N-methyl/N-ethyl adjacent to an activating group) is 2. The number of nitrogens with zero attached hydrogens (tertiary/aromatic N) is 6. The molecule has 18 nitrogen and oxygen atoms in total. The molecule has 2 aromatic carbocycles. The molecule has 2 aromatic heterocycles. The molecule has 1 saturated carbocycles. The van der Waals surface area contributed by atoms with Crippen LogP contribution in [0.2, 0.25) is 0 Å². The lowest BCUT2D eigenvalue weighted by atomic mass is 9.97. The molecule has 7 atom stereocenters. The second kappa shape index (κ2) is 24.9. The highest BCUT2D eigenvalue weighted by atomic mass is 19.1. The third-order valence-corrected chi connectivity index (χ3v) is 15.1. The molecule has 0 radical (unpaired) electrons. The maximum absolute atomic E-state index is 15.5. The number of carbonyl (C=O) groups excluding carboxylic acids is 7. The molecule has 1 saturated heterocycles. The Morgan fingerprint density at radius 3 is 2.14 bits per heavy atom. The minimum absolute atomic E-state index is 0.000458. The molecule has 2 aliphatic heterocycles. The molecule has 4 heterocycles. The van der Waals surface area contributed by atoms with E-state index in [1.165, 1.54) is 41.9 Å². The summed E-state index contributed by atoms with van der Waals surface area (Å²) >= 11 is 0. The summed E-state index contributed by atoms with van der Waals surface area (Å²) in [6, 6.07) is 4.54. The summed E-state index contributed by atoms with van der Waals surface area (Å²) in [7, 11) is 3.00. The van der Waals surface area contributed by atoms with Crippen molar-refractivity contribution in [1.82, 2.24) is 50.5 Å². The van der Waals surface area contributed by atoms with Crippen LogP contribution in [0.15, 0.2) is 79.7 Å². The summed E-state index contributed by atoms with van der Waals surface area (Å²) in [6.07, 6.45) is 11.9. The van der Waals surface area contributed by atoms with Gasteiger partial charge < -0.3 is 45.3 Å². The highest BCUT2D eigenvalue weighted by Gasteiger charge is 2.42. The van der Waals surface area contributed by atoms with Gasteiger partial charge in [-0.25, -0.2) is 9.37 Å². The zero-order valence-electron chi connectivity index (χ0n) is 46.0. The largest absolute Gasteiger partial charge is 0.431 e. The lowest BCUT2D eigenvalue weighted by Gasteiger charge is -2.38. The number of alkyl halides is 1. The van der Waals surface area contributed by atoms with E-state index < -0.39 is 96.0 Å². The molecule has 7 amide bonds. The van der Waals surface area contributed by atoms with Crippen LogP contribution >= 0.6 is 0 Å². The van der Waals surface area contributed by atoms with Crippen molar-refractivity contribution in [2.24, 2.45) is 17.8 Å². The van der Waals surface area contributed by atoms with Crippen molar-refractivity contribution < 1.29 is 42.7 Å². The third-order valence-electron chi connectivity index (χ3n) is 15.1. The van der Waals surface area contributed by atoms with Crippen LogP contribution in [0.3, 0.4) is 0 Å². The Morgan fingerprint density at radius 1 is 0.792 bits per heavy atom. The molecule has 7 rings (SSSR count). The number of fused-ring (bicyclic) bond motifs is 4. The summed E-state index contributed by atoms with van der Waals surface area (Å²) in [4.78, 5) is 117. The van der Waals surface area contributed by atoms with Gasteiger partial charge in [-0.1, -0.05) is 83.0 Å². The number of amides is 7. The van der Waals surface area contributed by atoms with E-state index in [-0.39, 0.29) is 62.4 Å². The summed E-state index contributed by atoms with van der Waals surface area (Å²) in [6.45, 7) is 16.4. The van der Waals surface area contributed by atoms with Crippen molar-refractivity contribution in [3.63, 3.8) is 0 Å². The lowest BCUT2D eigenvalue weighted by Crippen LogP contribution is -2.61. The summed E-state index contributed by atoms with van der Waals surface area (Å²) < 4.78 is 19.9. The van der Waals surface area contributed by atoms with Crippen molar-refractivity contribution in [2.45, 2.75) is 154 Å². The normalized spacial score (nSPS) is 24.5. The monoisotopic (exact) mass is 1060 g/mol. The molecule has 19 heteroatoms. The van der Waals surface area contributed by atoms with Gasteiger partial charge >= 0.3 is 6.01 Å². The molecule has 414 valence electrons. The Balaban J connectivity index is 1.34. The van der Waals surface area contributed by atoms with Gasteiger partial charge in [0.1, 0.15) is 42.3 Å². The average molecular weight is 1060 g/mol. The van der Waals surface area contributed by atoms with Crippen molar-refractivity contribution in [3.05, 3.63) is 90.8 Å². The first-order chi connectivity index (χ1) is 36.6. The lowest BCUT2D eigenvalue weighted by molar-refractivity contribution is -0.150. The van der Waals surface area contributed by atoms with Crippen LogP contribution in [-0.2, 0) is 51.9 Å². The van der Waals surface area contributed by atoms with Gasteiger partial charge in [-0.15, -0.1) is 6.58 Å². The van der Waals surface area contributed by atoms with Gasteiger partial charge in [0.2, 0.25) is 48.2 Å². The first-order valence-corrected chi connectivity index (χ1v) is 27.0. The fraction of sp³-hybridized carbons (Fsp3) is 0.534. The van der Waals surface area contributed by atoms with E-state index in [1.807, 2.05) is 90.2 Å². The molecule has 4 aromatic rings. The van der Waals surface area contributed by atoms with E-state index in [2.05, 4.69) is 42.4 Å². The summed E-state index contributed by atoms with van der Waals surface area (Å²) in [5, 5.41) is 13.2. The highest BCUT2D eigenvalue weighted by Crippen LogP contribution is 2.34. The third kappa shape index (κ3) is 13.9. The smallest absolute Gasteiger partial charge is 0.319 e. The molecule has 2 fully saturated rings. The van der Waals surface area contributed by atoms with Gasteiger partial charge in [0.25, 0.3) is 0 Å². The Morgan fingerprint density at radius 2 is 1.45 bits per heavy atom. The van der Waals surface area contributed by atoms with E-state index in [0.29, 0.717) is 29.3 Å². The molecule has 0 spiro atoms. The van der Waals surface area contributed by atoms with Crippen LogP contribution in [0.1, 0.15) is 105 Å². The first-order valence-electron chi connectivity index (χ1n) is 27.0. The maximum atomic E-state index is 15.5. The number of hydrogen-bond donors (Lipinski definition) is 4. The molecule has 77 heavy (non-hydrogen) atoms. The Kier molecular flexibility index (Phi) is 18.6. The van der Waals surface area contributed by atoms with Crippen LogP contribution < -0.4 is 26.0 Å². The minimum atomic E-state index is -1.32. The van der Waals surface area contributed by atoms with E-state index in [4.69, 9.17) is 4.74 Å². The van der Waals surface area contributed by atoms with Crippen molar-refractivity contribution in [3.8, 4) is 6.01 Å². The SMILES string of the molecule is C=CC(C)(C)n1cc(C[C@@H]2NC(=O)[C@H](CC3CC3)NC(=O)[C@H](CC(C)C)N3CC/C=C\C[C@@H](C3=O)N(C)C(=O)[C@H](C)NC(=O)[C@H](Cc3ccc4nc(OCF)ncc4c3)NC(=O)[C@H](CC(C)C)N(C)C2=O)c2ccccc21. The predicted molar refractivity (Wildman–Crippen MR) is 292 cm³/mol. The van der Waals surface area contributed by atoms with Gasteiger partial charge in [-0.05, 0) is 100.0 Å². The second-order valence-electron chi connectivity index (χ2n) is 22.4. The number of benzene rings is 2. The summed E-state index contributed by atoms with van der Waals surface area (Å²) in [5.41, 5.74) is 2.09.